The molecular formula is C32H19BrClNO6. The van der Waals surface area contributed by atoms with Crippen molar-refractivity contribution in [1.29, 1.82) is 0 Å². The second-order valence-corrected chi connectivity index (χ2v) is 11.4. The Morgan fingerprint density at radius 3 is 1.88 bits per heavy atom. The largest absolute Gasteiger partial charge is 0.457 e. The summed E-state index contributed by atoms with van der Waals surface area (Å²) in [6.07, 6.45) is -0.982. The van der Waals surface area contributed by atoms with E-state index in [0.29, 0.717) is 27.8 Å². The van der Waals surface area contributed by atoms with Gasteiger partial charge in [0.2, 0.25) is 29.0 Å². The van der Waals surface area contributed by atoms with E-state index in [1.165, 1.54) is 0 Å². The first-order valence-electron chi connectivity index (χ1n) is 12.8. The van der Waals surface area contributed by atoms with Gasteiger partial charge in [0.1, 0.15) is 11.5 Å². The fourth-order valence-corrected chi connectivity index (χ4v) is 6.42. The van der Waals surface area contributed by atoms with E-state index in [1.807, 2.05) is 0 Å². The number of ether oxygens (including phenoxy) is 2. The molecule has 0 aromatic heterocycles. The lowest BCUT2D eigenvalue weighted by molar-refractivity contribution is -0.127. The molecule has 2 saturated heterocycles. The van der Waals surface area contributed by atoms with E-state index in [1.54, 1.807) is 97.1 Å². The molecule has 3 aliphatic rings. The normalized spacial score (nSPS) is 22.4. The summed E-state index contributed by atoms with van der Waals surface area (Å²) in [4.78, 5) is 57.0. The lowest BCUT2D eigenvalue weighted by Gasteiger charge is -2.27. The number of hydrogen-bond donors (Lipinski definition) is 0. The fraction of sp³-hybridized carbons (Fsp3) is 0.125. The van der Waals surface area contributed by atoms with Crippen molar-refractivity contribution < 1.29 is 28.7 Å². The third-order valence-corrected chi connectivity index (χ3v) is 8.64. The molecule has 2 fully saturated rings. The van der Waals surface area contributed by atoms with Gasteiger partial charge in [0, 0.05) is 20.6 Å². The summed E-state index contributed by atoms with van der Waals surface area (Å²) in [5.74, 6) is -3.71. The molecule has 202 valence electrons. The summed E-state index contributed by atoms with van der Waals surface area (Å²) in [5.41, 5.74) is -0.847. The van der Waals surface area contributed by atoms with Crippen LogP contribution >= 0.6 is 27.5 Å². The van der Waals surface area contributed by atoms with Crippen LogP contribution in [0, 0.1) is 11.8 Å². The van der Waals surface area contributed by atoms with Gasteiger partial charge in [-0.05, 0) is 66.2 Å². The second kappa shape index (κ2) is 9.48. The number of benzene rings is 4. The maximum Gasteiger partial charge on any atom is 0.241 e. The van der Waals surface area contributed by atoms with Gasteiger partial charge in [-0.1, -0.05) is 63.9 Å². The minimum atomic E-state index is -2.12. The number of carbonyl (C=O) groups is 4. The summed E-state index contributed by atoms with van der Waals surface area (Å²) in [6, 6.07) is 26.8. The highest BCUT2D eigenvalue weighted by molar-refractivity contribution is 9.10. The minimum Gasteiger partial charge on any atom is -0.457 e. The van der Waals surface area contributed by atoms with Crippen molar-refractivity contribution >= 4 is 56.6 Å². The highest BCUT2D eigenvalue weighted by Crippen LogP contribution is 2.57. The van der Waals surface area contributed by atoms with Crippen LogP contribution < -0.4 is 9.64 Å². The molecule has 1 spiro atoms. The summed E-state index contributed by atoms with van der Waals surface area (Å²) >= 11 is 9.35. The molecule has 7 nitrogen and oxygen atoms in total. The van der Waals surface area contributed by atoms with E-state index in [9.17, 15) is 19.2 Å². The van der Waals surface area contributed by atoms with Gasteiger partial charge in [0.05, 0.1) is 23.6 Å². The van der Waals surface area contributed by atoms with E-state index in [2.05, 4.69) is 15.9 Å². The molecule has 0 N–H and O–H groups in total. The molecule has 2 aliphatic heterocycles. The zero-order valence-corrected chi connectivity index (χ0v) is 23.5. The van der Waals surface area contributed by atoms with Crippen LogP contribution in [0.15, 0.2) is 102 Å². The predicted octanol–water partition coefficient (Wildman–Crippen LogP) is 6.59. The first-order valence-corrected chi connectivity index (χ1v) is 14.0. The Kier molecular flexibility index (Phi) is 5.97. The molecule has 0 bridgehead atoms. The lowest BCUT2D eigenvalue weighted by Crippen LogP contribution is -2.51. The van der Waals surface area contributed by atoms with Gasteiger partial charge in [0.25, 0.3) is 0 Å². The van der Waals surface area contributed by atoms with Gasteiger partial charge >= 0.3 is 0 Å². The van der Waals surface area contributed by atoms with Crippen molar-refractivity contribution in [3.05, 3.63) is 123 Å². The number of imide groups is 1. The first-order chi connectivity index (χ1) is 19.8. The average molecular weight is 629 g/mol. The molecule has 0 unspecified atom stereocenters. The Morgan fingerprint density at radius 1 is 0.732 bits per heavy atom. The highest BCUT2D eigenvalue weighted by atomic mass is 79.9. The van der Waals surface area contributed by atoms with Crippen molar-refractivity contribution in [2.24, 2.45) is 11.8 Å². The minimum absolute atomic E-state index is 0.190. The van der Waals surface area contributed by atoms with E-state index >= 15 is 0 Å². The van der Waals surface area contributed by atoms with Gasteiger partial charge in [0.15, 0.2) is 0 Å². The van der Waals surface area contributed by atoms with Crippen molar-refractivity contribution in [2.75, 3.05) is 4.90 Å². The molecule has 3 atom stereocenters. The van der Waals surface area contributed by atoms with Gasteiger partial charge in [-0.3, -0.25) is 19.2 Å². The Bertz CT molecular complexity index is 1720. The van der Waals surface area contributed by atoms with E-state index < -0.39 is 46.9 Å². The van der Waals surface area contributed by atoms with Crippen LogP contribution in [0.2, 0.25) is 5.02 Å². The molecule has 9 heteroatoms. The fourth-order valence-electron chi connectivity index (χ4n) is 6.03. The zero-order chi connectivity index (χ0) is 28.5. The van der Waals surface area contributed by atoms with Gasteiger partial charge in [-0.2, -0.15) is 0 Å². The van der Waals surface area contributed by atoms with Gasteiger partial charge < -0.3 is 9.47 Å². The molecule has 1 aliphatic carbocycles. The molecule has 4 aromatic rings. The summed E-state index contributed by atoms with van der Waals surface area (Å²) < 4.78 is 13.0. The van der Waals surface area contributed by atoms with Crippen molar-refractivity contribution in [1.82, 2.24) is 0 Å². The van der Waals surface area contributed by atoms with Crippen molar-refractivity contribution in [3.63, 3.8) is 0 Å². The average Bonchev–Trinajstić information content (AvgIpc) is 3.55. The Hall–Kier alpha value is -4.11. The van der Waals surface area contributed by atoms with Crippen LogP contribution in [0.25, 0.3) is 0 Å². The maximum atomic E-state index is 14.1. The number of Topliss-reactive ketones (excluding diaryl/α,β-unsaturated/α-hetero) is 2. The van der Waals surface area contributed by atoms with E-state index in [-0.39, 0.29) is 11.1 Å². The summed E-state index contributed by atoms with van der Waals surface area (Å²) in [7, 11) is 0. The highest BCUT2D eigenvalue weighted by Gasteiger charge is 2.74. The van der Waals surface area contributed by atoms with Crippen LogP contribution in [-0.2, 0) is 14.3 Å². The molecule has 7 rings (SSSR count). The summed E-state index contributed by atoms with van der Waals surface area (Å²) in [6.45, 7) is 0. The monoisotopic (exact) mass is 627 g/mol. The topological polar surface area (TPSA) is 90.0 Å². The number of amides is 2. The number of anilines is 1. The number of nitrogens with zero attached hydrogens (tertiary/aromatic N) is 1. The molecular weight excluding hydrogens is 610 g/mol. The van der Waals surface area contributed by atoms with Crippen molar-refractivity contribution in [3.8, 4) is 11.5 Å². The molecule has 2 heterocycles. The number of ketones is 2. The molecule has 4 aromatic carbocycles. The van der Waals surface area contributed by atoms with Crippen LogP contribution in [0.3, 0.4) is 0 Å². The van der Waals surface area contributed by atoms with Gasteiger partial charge in [-0.25, -0.2) is 4.90 Å². The van der Waals surface area contributed by atoms with Crippen LogP contribution in [0.5, 0.6) is 11.5 Å². The molecule has 2 amide bonds. The number of hydrogen-bond acceptors (Lipinski definition) is 6. The van der Waals surface area contributed by atoms with Crippen LogP contribution in [0.4, 0.5) is 5.69 Å². The molecule has 0 saturated carbocycles. The number of halogens is 2. The standard InChI is InChI=1S/C32H19BrClNO6/c33-18-7-5-17(6-8-18)27-25-26(32(41-27)28(36)23-3-1-2-4-24(23)29(32)37)31(39)35(30(25)38)20-11-15-22(16-12-20)40-21-13-9-19(34)10-14-21/h1-16,25-27H/t25-,26+,27-/m0/s1. The second-order valence-electron chi connectivity index (χ2n) is 10.1. The first kappa shape index (κ1) is 25.8. The predicted molar refractivity (Wildman–Crippen MR) is 153 cm³/mol. The zero-order valence-electron chi connectivity index (χ0n) is 21.1. The smallest absolute Gasteiger partial charge is 0.241 e. The Morgan fingerprint density at radius 2 is 1.29 bits per heavy atom. The third-order valence-electron chi connectivity index (χ3n) is 7.86. The Balaban J connectivity index is 1.28. The molecule has 41 heavy (non-hydrogen) atoms. The van der Waals surface area contributed by atoms with Crippen molar-refractivity contribution in [2.45, 2.75) is 11.7 Å². The van der Waals surface area contributed by atoms with E-state index in [4.69, 9.17) is 21.1 Å². The SMILES string of the molecule is O=C1[C@@H]2[C@H](c3ccc(Br)cc3)OC3(C(=O)c4ccccc4C3=O)[C@H]2C(=O)N1c1ccc(Oc2ccc(Cl)cc2)cc1. The van der Waals surface area contributed by atoms with E-state index in [0.717, 1.165) is 9.37 Å². The molecule has 0 radical (unpaired) electrons. The quantitative estimate of drug-likeness (QED) is 0.187. The van der Waals surface area contributed by atoms with Gasteiger partial charge in [-0.15, -0.1) is 0 Å². The number of rotatable bonds is 4. The number of fused-ring (bicyclic) bond motifs is 3. The van der Waals surface area contributed by atoms with Crippen LogP contribution in [0.1, 0.15) is 32.4 Å². The maximum absolute atomic E-state index is 14.1. The van der Waals surface area contributed by atoms with Crippen LogP contribution in [-0.4, -0.2) is 29.0 Å². The number of carbonyl (C=O) groups excluding carboxylic acids is 4. The Labute approximate surface area is 247 Å². The summed E-state index contributed by atoms with van der Waals surface area (Å²) in [5, 5.41) is 0.579. The third kappa shape index (κ3) is 3.82. The lowest BCUT2D eigenvalue weighted by atomic mass is 9.77.